The van der Waals surface area contributed by atoms with Crippen LogP contribution >= 0.6 is 23.2 Å². The Balaban J connectivity index is 2.28. The van der Waals surface area contributed by atoms with E-state index in [9.17, 15) is 0 Å². The summed E-state index contributed by atoms with van der Waals surface area (Å²) in [6.07, 6.45) is 0. The Morgan fingerprint density at radius 1 is 1.06 bits per heavy atom. The van der Waals surface area contributed by atoms with Gasteiger partial charge < -0.3 is 10.1 Å². The molecule has 2 rings (SSSR count). The third-order valence-electron chi connectivity index (χ3n) is 2.47. The van der Waals surface area contributed by atoms with Crippen molar-refractivity contribution in [2.45, 2.75) is 6.54 Å². The molecule has 2 aromatic rings. The van der Waals surface area contributed by atoms with Gasteiger partial charge in [-0.2, -0.15) is 0 Å². The van der Waals surface area contributed by atoms with Crippen LogP contribution in [0.3, 0.4) is 0 Å². The van der Waals surface area contributed by atoms with Crippen molar-refractivity contribution in [2.75, 3.05) is 7.05 Å². The molecule has 18 heavy (non-hydrogen) atoms. The van der Waals surface area contributed by atoms with E-state index in [1.165, 1.54) is 0 Å². The van der Waals surface area contributed by atoms with Crippen molar-refractivity contribution in [1.82, 2.24) is 5.32 Å². The normalized spacial score (nSPS) is 10.4. The van der Waals surface area contributed by atoms with Crippen LogP contribution in [-0.2, 0) is 6.54 Å². The maximum Gasteiger partial charge on any atom is 0.133 e. The van der Waals surface area contributed by atoms with E-state index < -0.39 is 0 Å². The van der Waals surface area contributed by atoms with Crippen LogP contribution in [0.2, 0.25) is 10.0 Å². The summed E-state index contributed by atoms with van der Waals surface area (Å²) in [5, 5.41) is 4.45. The molecule has 0 aliphatic heterocycles. The molecule has 4 heteroatoms. The zero-order valence-corrected chi connectivity index (χ0v) is 11.4. The minimum Gasteiger partial charge on any atom is -0.457 e. The molecule has 0 spiro atoms. The average Bonchev–Trinajstić information content (AvgIpc) is 2.36. The second-order valence-corrected chi connectivity index (χ2v) is 4.65. The molecule has 0 aromatic heterocycles. The zero-order valence-electron chi connectivity index (χ0n) is 9.91. The molecular formula is C14H13Cl2NO. The lowest BCUT2D eigenvalue weighted by Crippen LogP contribution is -2.07. The number of hydrogen-bond acceptors (Lipinski definition) is 2. The van der Waals surface area contributed by atoms with Crippen molar-refractivity contribution in [2.24, 2.45) is 0 Å². The lowest BCUT2D eigenvalue weighted by Gasteiger charge is -2.12. The van der Waals surface area contributed by atoms with Crippen LogP contribution in [0.15, 0.2) is 42.5 Å². The summed E-state index contributed by atoms with van der Waals surface area (Å²) in [6.45, 7) is 0.655. The third-order valence-corrected chi connectivity index (χ3v) is 3.08. The molecule has 0 aliphatic rings. The number of nitrogens with one attached hydrogen (secondary N) is 1. The maximum atomic E-state index is 6.16. The van der Waals surface area contributed by atoms with Crippen LogP contribution in [0.4, 0.5) is 0 Å². The summed E-state index contributed by atoms with van der Waals surface area (Å²) in [5.41, 5.74) is 0.941. The Labute approximate surface area is 116 Å². The van der Waals surface area contributed by atoms with Gasteiger partial charge in [0.1, 0.15) is 11.5 Å². The molecule has 0 saturated carbocycles. The van der Waals surface area contributed by atoms with Crippen molar-refractivity contribution in [3.05, 3.63) is 58.1 Å². The minimum atomic E-state index is 0.655. The van der Waals surface area contributed by atoms with Crippen molar-refractivity contribution in [3.63, 3.8) is 0 Å². The van der Waals surface area contributed by atoms with Crippen LogP contribution in [0.5, 0.6) is 11.5 Å². The predicted octanol–water partition coefficient (Wildman–Crippen LogP) is 4.51. The van der Waals surface area contributed by atoms with E-state index in [0.717, 1.165) is 17.1 Å². The molecule has 0 bridgehead atoms. The highest BCUT2D eigenvalue weighted by Gasteiger charge is 2.08. The first-order valence-electron chi connectivity index (χ1n) is 5.56. The van der Waals surface area contributed by atoms with Crippen LogP contribution in [0.1, 0.15) is 5.56 Å². The maximum absolute atomic E-state index is 6.16. The van der Waals surface area contributed by atoms with Crippen molar-refractivity contribution in [1.29, 1.82) is 0 Å². The standard InChI is InChI=1S/C14H13Cl2NO/c1-17-9-12-13(16)3-2-4-14(12)18-11-7-5-10(15)6-8-11/h2-8,17H,9H2,1H3. The Kier molecular flexibility index (Phi) is 4.48. The fraction of sp³-hybridized carbons (Fsp3) is 0.143. The minimum absolute atomic E-state index is 0.655. The molecule has 0 fully saturated rings. The van der Waals surface area contributed by atoms with E-state index in [4.69, 9.17) is 27.9 Å². The molecule has 1 N–H and O–H groups in total. The van der Waals surface area contributed by atoms with Crippen LogP contribution in [-0.4, -0.2) is 7.05 Å². The van der Waals surface area contributed by atoms with Gasteiger partial charge in [0.25, 0.3) is 0 Å². The highest BCUT2D eigenvalue weighted by molar-refractivity contribution is 6.31. The summed E-state index contributed by atoms with van der Waals surface area (Å²) in [4.78, 5) is 0. The predicted molar refractivity (Wildman–Crippen MR) is 75.7 cm³/mol. The summed E-state index contributed by atoms with van der Waals surface area (Å²) in [7, 11) is 1.87. The Morgan fingerprint density at radius 3 is 2.44 bits per heavy atom. The summed E-state index contributed by atoms with van der Waals surface area (Å²) in [5.74, 6) is 1.48. The SMILES string of the molecule is CNCc1c(Cl)cccc1Oc1ccc(Cl)cc1. The Morgan fingerprint density at radius 2 is 1.78 bits per heavy atom. The van der Waals surface area contributed by atoms with Crippen molar-refractivity contribution in [3.8, 4) is 11.5 Å². The van der Waals surface area contributed by atoms with E-state index in [1.807, 2.05) is 37.4 Å². The van der Waals surface area contributed by atoms with E-state index in [-0.39, 0.29) is 0 Å². The molecule has 94 valence electrons. The molecule has 0 unspecified atom stereocenters. The van der Waals surface area contributed by atoms with Gasteiger partial charge in [-0.25, -0.2) is 0 Å². The smallest absolute Gasteiger partial charge is 0.133 e. The van der Waals surface area contributed by atoms with Crippen LogP contribution in [0.25, 0.3) is 0 Å². The van der Waals surface area contributed by atoms with E-state index in [2.05, 4.69) is 5.32 Å². The highest BCUT2D eigenvalue weighted by atomic mass is 35.5. The van der Waals surface area contributed by atoms with Gasteiger partial charge in [0, 0.05) is 22.2 Å². The van der Waals surface area contributed by atoms with Gasteiger partial charge in [-0.3, -0.25) is 0 Å². The van der Waals surface area contributed by atoms with E-state index in [1.54, 1.807) is 12.1 Å². The molecule has 0 atom stereocenters. The van der Waals surface area contributed by atoms with Crippen LogP contribution in [0, 0.1) is 0 Å². The second-order valence-electron chi connectivity index (χ2n) is 3.80. The van der Waals surface area contributed by atoms with Gasteiger partial charge in [-0.1, -0.05) is 29.3 Å². The number of ether oxygens (including phenoxy) is 1. The number of benzene rings is 2. The monoisotopic (exact) mass is 281 g/mol. The number of hydrogen-bond donors (Lipinski definition) is 1. The van der Waals surface area contributed by atoms with Gasteiger partial charge in [0.05, 0.1) is 0 Å². The average molecular weight is 282 g/mol. The highest BCUT2D eigenvalue weighted by Crippen LogP contribution is 2.30. The van der Waals surface area contributed by atoms with E-state index >= 15 is 0 Å². The largest absolute Gasteiger partial charge is 0.457 e. The van der Waals surface area contributed by atoms with Gasteiger partial charge >= 0.3 is 0 Å². The first-order valence-corrected chi connectivity index (χ1v) is 6.31. The van der Waals surface area contributed by atoms with Gasteiger partial charge in [-0.15, -0.1) is 0 Å². The van der Waals surface area contributed by atoms with Crippen LogP contribution < -0.4 is 10.1 Å². The van der Waals surface area contributed by atoms with Gasteiger partial charge in [0.15, 0.2) is 0 Å². The molecule has 0 saturated heterocycles. The fourth-order valence-electron chi connectivity index (χ4n) is 1.61. The molecule has 0 radical (unpaired) electrons. The zero-order chi connectivity index (χ0) is 13.0. The summed E-state index contributed by atoms with van der Waals surface area (Å²) in [6, 6.07) is 12.8. The van der Waals surface area contributed by atoms with Crippen molar-refractivity contribution < 1.29 is 4.74 Å². The lowest BCUT2D eigenvalue weighted by atomic mass is 10.2. The number of halogens is 2. The lowest BCUT2D eigenvalue weighted by molar-refractivity contribution is 0.474. The third kappa shape index (κ3) is 3.16. The quantitative estimate of drug-likeness (QED) is 0.891. The molecule has 0 heterocycles. The fourth-order valence-corrected chi connectivity index (χ4v) is 1.97. The topological polar surface area (TPSA) is 21.3 Å². The number of rotatable bonds is 4. The Bertz CT molecular complexity index is 526. The van der Waals surface area contributed by atoms with Crippen molar-refractivity contribution >= 4 is 23.2 Å². The molecule has 0 amide bonds. The molecule has 0 aliphatic carbocycles. The van der Waals surface area contributed by atoms with Gasteiger partial charge in [-0.05, 0) is 43.4 Å². The molecule has 2 nitrogen and oxygen atoms in total. The van der Waals surface area contributed by atoms with E-state index in [0.29, 0.717) is 16.6 Å². The summed E-state index contributed by atoms with van der Waals surface area (Å²) < 4.78 is 5.81. The molecular weight excluding hydrogens is 269 g/mol. The second kappa shape index (κ2) is 6.10. The Hall–Kier alpha value is -1.22. The first kappa shape index (κ1) is 13.2. The first-order chi connectivity index (χ1) is 8.70. The summed E-state index contributed by atoms with van der Waals surface area (Å²) >= 11 is 12.0. The molecule has 2 aromatic carbocycles. The van der Waals surface area contributed by atoms with Gasteiger partial charge in [0.2, 0.25) is 0 Å².